The van der Waals surface area contributed by atoms with Crippen LogP contribution in [-0.2, 0) is 22.4 Å². The highest BCUT2D eigenvalue weighted by Crippen LogP contribution is 2.42. The second-order valence-corrected chi connectivity index (χ2v) is 7.78. The van der Waals surface area contributed by atoms with E-state index in [2.05, 4.69) is 5.32 Å². The van der Waals surface area contributed by atoms with Crippen molar-refractivity contribution in [1.82, 2.24) is 5.32 Å². The topological polar surface area (TPSA) is 66.4 Å². The number of aliphatic hydroxyl groups is 1. The molecule has 25 heavy (non-hydrogen) atoms. The van der Waals surface area contributed by atoms with Gasteiger partial charge in [0.15, 0.2) is 5.78 Å². The Hall–Kier alpha value is -1.39. The van der Waals surface area contributed by atoms with Gasteiger partial charge in [-0.1, -0.05) is 25.4 Å². The van der Waals surface area contributed by atoms with Gasteiger partial charge in [-0.05, 0) is 73.3 Å². The normalized spacial score (nSPS) is 29.3. The molecule has 1 aliphatic heterocycles. The molecule has 1 aliphatic carbocycles. The van der Waals surface area contributed by atoms with Crippen molar-refractivity contribution in [2.24, 2.45) is 5.92 Å². The Labute approximate surface area is 153 Å². The standard InChI is InChI=1S/C20H26ClNO3/c1-3-13-9-15(21)10-14(4-2)16(13)17-18(24)20(22-19(17)25)7-5-12(11-23)6-8-20/h9-10,12,17,23H,3-8,11H2,1-2H3,(H,22,25). The lowest BCUT2D eigenvalue weighted by Crippen LogP contribution is -2.49. The fourth-order valence-corrected chi connectivity index (χ4v) is 4.71. The van der Waals surface area contributed by atoms with Crippen molar-refractivity contribution in [2.45, 2.75) is 63.8 Å². The second kappa shape index (κ2) is 7.08. The number of rotatable bonds is 4. The minimum Gasteiger partial charge on any atom is -0.396 e. The average Bonchev–Trinajstić information content (AvgIpc) is 2.85. The van der Waals surface area contributed by atoms with Crippen LogP contribution in [0, 0.1) is 5.92 Å². The summed E-state index contributed by atoms with van der Waals surface area (Å²) >= 11 is 6.22. The van der Waals surface area contributed by atoms with E-state index in [1.807, 2.05) is 26.0 Å². The van der Waals surface area contributed by atoms with Crippen LogP contribution in [-0.4, -0.2) is 28.9 Å². The highest BCUT2D eigenvalue weighted by Gasteiger charge is 2.54. The molecule has 1 unspecified atom stereocenters. The molecule has 0 aromatic heterocycles. The summed E-state index contributed by atoms with van der Waals surface area (Å²) in [5.41, 5.74) is 2.08. The van der Waals surface area contributed by atoms with Crippen LogP contribution in [0.25, 0.3) is 0 Å². The van der Waals surface area contributed by atoms with Crippen molar-refractivity contribution in [1.29, 1.82) is 0 Å². The number of Topliss-reactive ketones (excluding diaryl/α,β-unsaturated/α-hetero) is 1. The summed E-state index contributed by atoms with van der Waals surface area (Å²) in [5.74, 6) is -0.671. The van der Waals surface area contributed by atoms with Gasteiger partial charge in [-0.15, -0.1) is 0 Å². The fourth-order valence-electron chi connectivity index (χ4n) is 4.44. The number of carbonyl (C=O) groups excluding carboxylic acids is 2. The molecule has 5 heteroatoms. The molecule has 1 saturated carbocycles. The predicted octanol–water partition coefficient (Wildman–Crippen LogP) is 3.17. The number of ketones is 1. The van der Waals surface area contributed by atoms with Crippen molar-refractivity contribution in [3.63, 3.8) is 0 Å². The maximum absolute atomic E-state index is 13.3. The SMILES string of the molecule is CCc1cc(Cl)cc(CC)c1C1C(=O)NC2(CCC(CO)CC2)C1=O. The van der Waals surface area contributed by atoms with E-state index in [-0.39, 0.29) is 24.2 Å². The van der Waals surface area contributed by atoms with E-state index in [1.165, 1.54) is 0 Å². The largest absolute Gasteiger partial charge is 0.396 e. The van der Waals surface area contributed by atoms with E-state index in [4.69, 9.17) is 11.6 Å². The van der Waals surface area contributed by atoms with E-state index >= 15 is 0 Å². The Balaban J connectivity index is 1.99. The monoisotopic (exact) mass is 363 g/mol. The number of hydrogen-bond donors (Lipinski definition) is 2. The number of amides is 1. The van der Waals surface area contributed by atoms with Gasteiger partial charge in [0.25, 0.3) is 0 Å². The number of nitrogens with one attached hydrogen (secondary N) is 1. The van der Waals surface area contributed by atoms with Crippen LogP contribution >= 0.6 is 11.6 Å². The summed E-state index contributed by atoms with van der Waals surface area (Å²) in [6.45, 7) is 4.20. The lowest BCUT2D eigenvalue weighted by atomic mass is 9.72. The molecule has 2 N–H and O–H groups in total. The first kappa shape index (κ1) is 18.4. The Morgan fingerprint density at radius 3 is 2.20 bits per heavy atom. The molecule has 3 rings (SSSR count). The van der Waals surface area contributed by atoms with Crippen molar-refractivity contribution in [3.05, 3.63) is 33.8 Å². The van der Waals surface area contributed by atoms with Crippen LogP contribution in [0.1, 0.15) is 62.1 Å². The summed E-state index contributed by atoms with van der Waals surface area (Å²) in [7, 11) is 0. The van der Waals surface area contributed by atoms with Gasteiger partial charge in [-0.3, -0.25) is 9.59 Å². The zero-order valence-corrected chi connectivity index (χ0v) is 15.7. The Bertz CT molecular complexity index is 667. The maximum atomic E-state index is 13.3. The molecule has 136 valence electrons. The minimum atomic E-state index is -0.747. The van der Waals surface area contributed by atoms with Crippen LogP contribution in [0.5, 0.6) is 0 Å². The minimum absolute atomic E-state index is 0.000567. The molecule has 0 bridgehead atoms. The summed E-state index contributed by atoms with van der Waals surface area (Å²) in [5, 5.41) is 13.0. The van der Waals surface area contributed by atoms with E-state index < -0.39 is 11.5 Å². The number of halogens is 1. The molecular weight excluding hydrogens is 338 g/mol. The van der Waals surface area contributed by atoms with Gasteiger partial charge in [0.05, 0.1) is 5.54 Å². The van der Waals surface area contributed by atoms with Crippen LogP contribution < -0.4 is 5.32 Å². The van der Waals surface area contributed by atoms with Crippen LogP contribution in [0.4, 0.5) is 0 Å². The molecule has 4 nitrogen and oxygen atoms in total. The maximum Gasteiger partial charge on any atom is 0.235 e. The summed E-state index contributed by atoms with van der Waals surface area (Å²) in [6.07, 6.45) is 4.26. The Morgan fingerprint density at radius 2 is 1.72 bits per heavy atom. The number of hydrogen-bond acceptors (Lipinski definition) is 3. The van der Waals surface area contributed by atoms with Gasteiger partial charge < -0.3 is 10.4 Å². The summed E-state index contributed by atoms with van der Waals surface area (Å²) in [6, 6.07) is 3.76. The molecule has 1 heterocycles. The first-order valence-electron chi connectivity index (χ1n) is 9.24. The first-order valence-corrected chi connectivity index (χ1v) is 9.62. The van der Waals surface area contributed by atoms with Crippen molar-refractivity contribution >= 4 is 23.3 Å². The second-order valence-electron chi connectivity index (χ2n) is 7.34. The van der Waals surface area contributed by atoms with E-state index in [9.17, 15) is 14.7 Å². The third kappa shape index (κ3) is 3.11. The number of carbonyl (C=O) groups is 2. The molecule has 1 spiro atoms. The number of aryl methyl sites for hydroxylation is 2. The molecule has 1 aromatic carbocycles. The van der Waals surface area contributed by atoms with Gasteiger partial charge in [-0.2, -0.15) is 0 Å². The van der Waals surface area contributed by atoms with Crippen molar-refractivity contribution in [3.8, 4) is 0 Å². The quantitative estimate of drug-likeness (QED) is 0.807. The average molecular weight is 364 g/mol. The van der Waals surface area contributed by atoms with Crippen LogP contribution in [0.15, 0.2) is 12.1 Å². The molecular formula is C20H26ClNO3. The smallest absolute Gasteiger partial charge is 0.235 e. The fraction of sp³-hybridized carbons (Fsp3) is 0.600. The Morgan fingerprint density at radius 1 is 1.16 bits per heavy atom. The van der Waals surface area contributed by atoms with Crippen molar-refractivity contribution < 1.29 is 14.7 Å². The van der Waals surface area contributed by atoms with Gasteiger partial charge in [0.1, 0.15) is 5.92 Å². The molecule has 2 aliphatic rings. The van der Waals surface area contributed by atoms with E-state index in [1.54, 1.807) is 0 Å². The third-order valence-electron chi connectivity index (χ3n) is 5.94. The van der Waals surface area contributed by atoms with Gasteiger partial charge in [0, 0.05) is 11.6 Å². The van der Waals surface area contributed by atoms with Crippen LogP contribution in [0.2, 0.25) is 5.02 Å². The van der Waals surface area contributed by atoms with Gasteiger partial charge >= 0.3 is 0 Å². The third-order valence-corrected chi connectivity index (χ3v) is 6.16. The molecule has 2 fully saturated rings. The molecule has 1 amide bonds. The number of aliphatic hydroxyl groups excluding tert-OH is 1. The molecule has 1 saturated heterocycles. The van der Waals surface area contributed by atoms with E-state index in [0.29, 0.717) is 17.9 Å². The summed E-state index contributed by atoms with van der Waals surface area (Å²) < 4.78 is 0. The first-order chi connectivity index (χ1) is 12.0. The molecule has 1 aromatic rings. The number of benzene rings is 1. The zero-order chi connectivity index (χ0) is 18.2. The molecule has 0 radical (unpaired) electrons. The van der Waals surface area contributed by atoms with Crippen molar-refractivity contribution in [2.75, 3.05) is 6.61 Å². The predicted molar refractivity (Wildman–Crippen MR) is 97.9 cm³/mol. The zero-order valence-electron chi connectivity index (χ0n) is 14.9. The van der Waals surface area contributed by atoms with Gasteiger partial charge in [-0.25, -0.2) is 0 Å². The summed E-state index contributed by atoms with van der Waals surface area (Å²) in [4.78, 5) is 26.1. The molecule has 1 atom stereocenters. The highest BCUT2D eigenvalue weighted by atomic mass is 35.5. The van der Waals surface area contributed by atoms with Gasteiger partial charge in [0.2, 0.25) is 5.91 Å². The lowest BCUT2D eigenvalue weighted by Gasteiger charge is -2.35. The van der Waals surface area contributed by atoms with E-state index in [0.717, 1.165) is 42.4 Å². The van der Waals surface area contributed by atoms with Crippen LogP contribution in [0.3, 0.4) is 0 Å². The highest BCUT2D eigenvalue weighted by molar-refractivity contribution is 6.30. The lowest BCUT2D eigenvalue weighted by molar-refractivity contribution is -0.126. The Kier molecular flexibility index (Phi) is 5.21.